The van der Waals surface area contributed by atoms with Gasteiger partial charge < -0.3 is 14.5 Å². The second-order valence-electron chi connectivity index (χ2n) is 3.66. The molecule has 0 radical (unpaired) electrons. The van der Waals surface area contributed by atoms with Gasteiger partial charge in [-0.3, -0.25) is 9.59 Å². The van der Waals surface area contributed by atoms with E-state index in [0.29, 0.717) is 5.69 Å². The fourth-order valence-corrected chi connectivity index (χ4v) is 1.14. The van der Waals surface area contributed by atoms with Crippen LogP contribution in [-0.2, 0) is 23.9 Å². The van der Waals surface area contributed by atoms with Crippen LogP contribution < -0.4 is 0 Å². The Morgan fingerprint density at radius 2 is 1.48 bits per heavy atom. The highest BCUT2D eigenvalue weighted by molar-refractivity contribution is 6.61. The summed E-state index contributed by atoms with van der Waals surface area (Å²) in [5.41, 5.74) is 1.11. The number of esters is 2. The van der Waals surface area contributed by atoms with Gasteiger partial charge in [0, 0.05) is 12.6 Å². The number of nitrogens with one attached hydrogen (secondary N) is 1. The third-order valence-electron chi connectivity index (χ3n) is 2.07. The molecule has 0 bridgehead atoms. The molecule has 0 spiro atoms. The lowest BCUT2D eigenvalue weighted by atomic mass is 10.3. The van der Waals surface area contributed by atoms with E-state index in [-0.39, 0.29) is 7.43 Å². The number of hydrogen-bond acceptors (Lipinski definition) is 7. The van der Waals surface area contributed by atoms with Gasteiger partial charge in [-0.1, -0.05) is 21.3 Å². The van der Waals surface area contributed by atoms with E-state index in [9.17, 15) is 19.2 Å². The largest absolute Gasteiger partial charge is 0.464 e. The van der Waals surface area contributed by atoms with Gasteiger partial charge in [-0.2, -0.15) is 0 Å². The predicted molar refractivity (Wildman–Crippen MR) is 85.2 cm³/mol. The average molecular weight is 330 g/mol. The summed E-state index contributed by atoms with van der Waals surface area (Å²) in [4.78, 5) is 48.3. The van der Waals surface area contributed by atoms with E-state index in [1.807, 2.05) is 13.8 Å². The molecule has 0 aromatic carbocycles. The van der Waals surface area contributed by atoms with E-state index in [4.69, 9.17) is 0 Å². The number of carbonyl (C=O) groups excluding carboxylic acids is 4. The predicted octanol–water partition coefficient (Wildman–Crippen LogP) is 1.79. The van der Waals surface area contributed by atoms with Crippen molar-refractivity contribution in [3.8, 4) is 0 Å². The summed E-state index contributed by atoms with van der Waals surface area (Å²) in [5, 5.41) is 0. The molecule has 0 fully saturated rings. The molecule has 0 aliphatic carbocycles. The fourth-order valence-electron chi connectivity index (χ4n) is 1.14. The first kappa shape index (κ1) is 25.4. The molecule has 132 valence electrons. The smallest absolute Gasteiger partial charge is 0.382 e. The summed E-state index contributed by atoms with van der Waals surface area (Å²) in [6.07, 6.45) is 0. The molecule has 0 atom stereocenters. The van der Waals surface area contributed by atoms with E-state index in [1.165, 1.54) is 7.11 Å². The fraction of sp³-hybridized carbons (Fsp3) is 0.533. The Kier molecular flexibility index (Phi) is 14.6. The Hall–Kier alpha value is -2.51. The Morgan fingerprint density at radius 3 is 1.70 bits per heavy atom. The van der Waals surface area contributed by atoms with Gasteiger partial charge in [0.1, 0.15) is 5.82 Å². The van der Waals surface area contributed by atoms with Crippen molar-refractivity contribution in [3.63, 3.8) is 0 Å². The molecule has 0 aliphatic heterocycles. The van der Waals surface area contributed by atoms with Crippen LogP contribution in [0.5, 0.6) is 0 Å². The van der Waals surface area contributed by atoms with Gasteiger partial charge in [0.05, 0.1) is 14.2 Å². The van der Waals surface area contributed by atoms with Crippen molar-refractivity contribution < 1.29 is 28.7 Å². The number of H-pyrrole nitrogens is 1. The van der Waals surface area contributed by atoms with E-state index < -0.39 is 23.5 Å². The SMILES string of the molecule is C.CC.COC(=O)C(=O)C(C)=O.COC(=O)c1nc(C)[nH]c1C. The van der Waals surface area contributed by atoms with Crippen molar-refractivity contribution in [2.24, 2.45) is 0 Å². The lowest BCUT2D eigenvalue weighted by molar-refractivity contribution is -0.154. The Morgan fingerprint density at radius 1 is 1.00 bits per heavy atom. The van der Waals surface area contributed by atoms with Crippen LogP contribution in [0.1, 0.15) is 50.2 Å². The summed E-state index contributed by atoms with van der Waals surface area (Å²) < 4.78 is 8.47. The summed E-state index contributed by atoms with van der Waals surface area (Å²) in [5.74, 6) is -2.70. The van der Waals surface area contributed by atoms with Gasteiger partial charge in [0.15, 0.2) is 5.69 Å². The normalized spacial score (nSPS) is 8.13. The summed E-state index contributed by atoms with van der Waals surface area (Å²) in [6.45, 7) is 8.59. The van der Waals surface area contributed by atoms with Crippen LogP contribution in [-0.4, -0.2) is 47.7 Å². The molecular formula is C15H26N2O6. The molecule has 0 saturated carbocycles. The number of ether oxygens (including phenoxy) is 2. The Labute approximate surface area is 136 Å². The third-order valence-corrected chi connectivity index (χ3v) is 2.07. The van der Waals surface area contributed by atoms with Crippen molar-refractivity contribution in [2.45, 2.75) is 42.0 Å². The van der Waals surface area contributed by atoms with Crippen molar-refractivity contribution in [2.75, 3.05) is 14.2 Å². The van der Waals surface area contributed by atoms with Crippen LogP contribution in [0.25, 0.3) is 0 Å². The highest BCUT2D eigenvalue weighted by Gasteiger charge is 2.18. The summed E-state index contributed by atoms with van der Waals surface area (Å²) in [7, 11) is 2.38. The molecule has 1 aromatic heterocycles. The molecule has 1 rings (SSSR count). The zero-order valence-corrected chi connectivity index (χ0v) is 13.9. The second-order valence-corrected chi connectivity index (χ2v) is 3.66. The first-order chi connectivity index (χ1) is 10.2. The topological polar surface area (TPSA) is 115 Å². The number of aromatic nitrogens is 2. The molecule has 0 saturated heterocycles. The van der Waals surface area contributed by atoms with Gasteiger partial charge in [-0.15, -0.1) is 0 Å². The van der Waals surface area contributed by atoms with Crippen molar-refractivity contribution in [1.82, 2.24) is 9.97 Å². The minimum atomic E-state index is -1.11. The standard InChI is InChI=1S/C7H10N2O2.C5H6O4.C2H6.CH4/c1-4-6(7(10)11-3)9-5(2)8-4;1-3(6)4(7)5(8)9-2;1-2;/h1-3H3,(H,8,9);1-2H3;1-2H3;1H4. The highest BCUT2D eigenvalue weighted by atomic mass is 16.5. The van der Waals surface area contributed by atoms with Gasteiger partial charge in [-0.05, 0) is 13.8 Å². The van der Waals surface area contributed by atoms with E-state index in [1.54, 1.807) is 13.8 Å². The lowest BCUT2D eigenvalue weighted by Gasteiger charge is -1.93. The van der Waals surface area contributed by atoms with Crippen molar-refractivity contribution in [1.29, 1.82) is 0 Å². The van der Waals surface area contributed by atoms with Crippen LogP contribution in [0.2, 0.25) is 0 Å². The zero-order chi connectivity index (χ0) is 17.9. The number of hydrogen-bond donors (Lipinski definition) is 1. The molecule has 1 aromatic rings. The van der Waals surface area contributed by atoms with Crippen LogP contribution in [0.4, 0.5) is 0 Å². The number of aromatic amines is 1. The molecule has 1 heterocycles. The van der Waals surface area contributed by atoms with Crippen molar-refractivity contribution >= 4 is 23.5 Å². The number of aryl methyl sites for hydroxylation is 2. The number of carbonyl (C=O) groups is 4. The van der Waals surface area contributed by atoms with E-state index in [2.05, 4.69) is 19.4 Å². The number of rotatable bonds is 3. The Bertz CT molecular complexity index is 534. The molecular weight excluding hydrogens is 304 g/mol. The minimum absolute atomic E-state index is 0. The molecule has 0 aliphatic rings. The monoisotopic (exact) mass is 330 g/mol. The number of ketones is 2. The molecule has 1 N–H and O–H groups in total. The Balaban J connectivity index is -0.000000307. The second kappa shape index (κ2) is 13.2. The maximum Gasteiger partial charge on any atom is 0.382 e. The van der Waals surface area contributed by atoms with E-state index >= 15 is 0 Å². The van der Waals surface area contributed by atoms with Crippen LogP contribution >= 0.6 is 0 Å². The molecule has 0 unspecified atom stereocenters. The van der Waals surface area contributed by atoms with Crippen molar-refractivity contribution in [3.05, 3.63) is 17.2 Å². The summed E-state index contributed by atoms with van der Waals surface area (Å²) in [6, 6.07) is 0. The van der Waals surface area contributed by atoms with Crippen LogP contribution in [0.15, 0.2) is 0 Å². The third kappa shape index (κ3) is 9.18. The molecule has 8 heteroatoms. The van der Waals surface area contributed by atoms with Gasteiger partial charge in [0.25, 0.3) is 0 Å². The maximum atomic E-state index is 10.9. The first-order valence-electron chi connectivity index (χ1n) is 6.49. The first-order valence-corrected chi connectivity index (χ1v) is 6.49. The molecule has 23 heavy (non-hydrogen) atoms. The highest BCUT2D eigenvalue weighted by Crippen LogP contribution is 2.04. The molecule has 8 nitrogen and oxygen atoms in total. The number of Topliss-reactive ketones (excluding diaryl/α,β-unsaturated/α-hetero) is 2. The van der Waals surface area contributed by atoms with Crippen LogP contribution in [0.3, 0.4) is 0 Å². The van der Waals surface area contributed by atoms with Crippen LogP contribution in [0, 0.1) is 13.8 Å². The quantitative estimate of drug-likeness (QED) is 0.510. The van der Waals surface area contributed by atoms with Gasteiger partial charge in [-0.25, -0.2) is 14.6 Å². The number of methoxy groups -OCH3 is 2. The van der Waals surface area contributed by atoms with Gasteiger partial charge >= 0.3 is 17.7 Å². The maximum absolute atomic E-state index is 10.9. The van der Waals surface area contributed by atoms with Gasteiger partial charge in [0.2, 0.25) is 5.78 Å². The average Bonchev–Trinajstić information content (AvgIpc) is 2.86. The zero-order valence-electron chi connectivity index (χ0n) is 13.9. The molecule has 0 amide bonds. The lowest BCUT2D eigenvalue weighted by Crippen LogP contribution is -2.22. The summed E-state index contributed by atoms with van der Waals surface area (Å²) >= 11 is 0. The number of nitrogens with zero attached hydrogens (tertiary/aromatic N) is 1. The van der Waals surface area contributed by atoms with E-state index in [0.717, 1.165) is 25.6 Å². The number of imidazole rings is 1. The minimum Gasteiger partial charge on any atom is -0.464 e.